The Kier molecular flexibility index (Phi) is 6.29. The second-order valence-corrected chi connectivity index (χ2v) is 8.21. The summed E-state index contributed by atoms with van der Waals surface area (Å²) in [5.74, 6) is 0.330. The summed E-state index contributed by atoms with van der Waals surface area (Å²) in [5.41, 5.74) is -3.79. The van der Waals surface area contributed by atoms with E-state index in [1.165, 1.54) is 12.1 Å². The summed E-state index contributed by atoms with van der Waals surface area (Å²) in [4.78, 5) is 26.9. The lowest BCUT2D eigenvalue weighted by Crippen LogP contribution is -2.35. The number of nitrogens with zero attached hydrogens (tertiary/aromatic N) is 2. The molecule has 2 aliphatic rings. The molecule has 1 aromatic heterocycles. The fraction of sp³-hybridized carbons (Fsp3) is 0.500. The maximum atomic E-state index is 12.9. The Labute approximate surface area is 184 Å². The average molecular weight is 484 g/mol. The highest BCUT2D eigenvalue weighted by molar-refractivity contribution is 5.85. The number of hydrogen-bond acceptors (Lipinski definition) is 3. The molecule has 1 N–H and O–H groups in total. The number of piperidine rings is 1. The van der Waals surface area contributed by atoms with E-state index in [0.29, 0.717) is 31.6 Å². The lowest BCUT2D eigenvalue weighted by atomic mass is 9.94. The maximum Gasteiger partial charge on any atom is 0.423 e. The first-order chi connectivity index (χ1) is 14.4. The molecule has 1 aliphatic heterocycles. The third kappa shape index (κ3) is 4.59. The van der Waals surface area contributed by atoms with E-state index in [9.17, 15) is 35.9 Å². The first-order valence-electron chi connectivity index (χ1n) is 9.71. The Hall–Kier alpha value is -2.27. The number of fused-ring (bicyclic) bond motifs is 1. The van der Waals surface area contributed by atoms with Gasteiger partial charge in [-0.3, -0.25) is 14.3 Å². The highest BCUT2D eigenvalue weighted by atomic mass is 35.5. The van der Waals surface area contributed by atoms with Crippen molar-refractivity contribution >= 4 is 12.4 Å². The van der Waals surface area contributed by atoms with Crippen molar-refractivity contribution in [2.45, 2.75) is 37.2 Å². The quantitative estimate of drug-likeness (QED) is 0.660. The molecule has 0 bridgehead atoms. The molecule has 0 radical (unpaired) electrons. The molecule has 176 valence electrons. The van der Waals surface area contributed by atoms with E-state index in [0.717, 1.165) is 35.2 Å². The van der Waals surface area contributed by atoms with Gasteiger partial charge in [-0.2, -0.15) is 26.3 Å². The fourth-order valence-electron chi connectivity index (χ4n) is 4.54. The summed E-state index contributed by atoms with van der Waals surface area (Å²) < 4.78 is 77.7. The first kappa shape index (κ1) is 24.4. The van der Waals surface area contributed by atoms with Crippen LogP contribution < -0.4 is 11.2 Å². The zero-order chi connectivity index (χ0) is 22.6. The van der Waals surface area contributed by atoms with Gasteiger partial charge in [0, 0.05) is 31.2 Å². The van der Waals surface area contributed by atoms with E-state index >= 15 is 0 Å². The number of aromatic nitrogens is 2. The second-order valence-electron chi connectivity index (χ2n) is 8.21. The molecule has 2 heterocycles. The van der Waals surface area contributed by atoms with E-state index < -0.39 is 34.7 Å². The predicted octanol–water partition coefficient (Wildman–Crippen LogP) is 3.66. The van der Waals surface area contributed by atoms with Crippen LogP contribution in [0.15, 0.2) is 40.1 Å². The van der Waals surface area contributed by atoms with Gasteiger partial charge in [-0.15, -0.1) is 12.4 Å². The monoisotopic (exact) mass is 483 g/mol. The molecule has 2 aromatic rings. The fourth-order valence-corrected chi connectivity index (χ4v) is 4.54. The number of H-pyrrole nitrogens is 1. The second kappa shape index (κ2) is 8.26. The zero-order valence-electron chi connectivity index (χ0n) is 16.6. The third-order valence-corrected chi connectivity index (χ3v) is 6.19. The Morgan fingerprint density at radius 3 is 2.25 bits per heavy atom. The summed E-state index contributed by atoms with van der Waals surface area (Å²) in [6, 6.07) is 5.21. The Morgan fingerprint density at radius 2 is 1.66 bits per heavy atom. The van der Waals surface area contributed by atoms with E-state index in [1.807, 2.05) is 0 Å². The topological polar surface area (TPSA) is 58.1 Å². The summed E-state index contributed by atoms with van der Waals surface area (Å²) in [6.07, 6.45) is -7.42. The van der Waals surface area contributed by atoms with Crippen molar-refractivity contribution in [3.8, 4) is 0 Å². The lowest BCUT2D eigenvalue weighted by molar-refractivity contribution is -0.139. The Balaban J connectivity index is 0.00000289. The average Bonchev–Trinajstić information content (AvgIpc) is 3.24. The number of likely N-dealkylation sites (tertiary alicyclic amines) is 1. The minimum atomic E-state index is -4.85. The van der Waals surface area contributed by atoms with Crippen LogP contribution in [0.1, 0.15) is 29.5 Å². The van der Waals surface area contributed by atoms with Gasteiger partial charge < -0.3 is 4.90 Å². The standard InChI is InChI=1S/C20H19F6N3O2.ClH/c21-19(22,23)13-4-2-12(3-5-13)18-8-14(18)9-28(11-18)6-1-7-29-10-15(20(24,25)26)16(30)27-17(29)31;/h2-5,10,14H,1,6-9,11H2,(H,27,30,31);1H/t14-,18-;/m1./s1. The molecule has 1 saturated carbocycles. The Morgan fingerprint density at radius 1 is 1.00 bits per heavy atom. The number of hydrogen-bond donors (Lipinski definition) is 1. The zero-order valence-corrected chi connectivity index (χ0v) is 17.4. The molecule has 5 nitrogen and oxygen atoms in total. The molecular formula is C20H20ClF6N3O2. The number of benzene rings is 1. The molecule has 0 amide bonds. The molecule has 1 aliphatic carbocycles. The number of rotatable bonds is 5. The van der Waals surface area contributed by atoms with Crippen molar-refractivity contribution < 1.29 is 26.3 Å². The van der Waals surface area contributed by atoms with Gasteiger partial charge in [-0.05, 0) is 43.0 Å². The highest BCUT2D eigenvalue weighted by Crippen LogP contribution is 2.59. The minimum absolute atomic E-state index is 0. The van der Waals surface area contributed by atoms with Crippen LogP contribution >= 0.6 is 12.4 Å². The number of halogens is 7. The SMILES string of the molecule is Cl.O=c1[nH]c(=O)n(CCCN2C[C@H]3C[C@]3(c3ccc(C(F)(F)F)cc3)C2)cc1C(F)(F)F. The van der Waals surface area contributed by atoms with Crippen LogP contribution in [0.2, 0.25) is 0 Å². The van der Waals surface area contributed by atoms with Gasteiger partial charge in [0.1, 0.15) is 5.56 Å². The minimum Gasteiger partial charge on any atom is -0.302 e. The van der Waals surface area contributed by atoms with Crippen molar-refractivity contribution in [3.63, 3.8) is 0 Å². The molecule has 1 saturated heterocycles. The van der Waals surface area contributed by atoms with Gasteiger partial charge in [-0.25, -0.2) is 4.79 Å². The van der Waals surface area contributed by atoms with Gasteiger partial charge in [0.2, 0.25) is 0 Å². The van der Waals surface area contributed by atoms with Crippen LogP contribution in [0.3, 0.4) is 0 Å². The van der Waals surface area contributed by atoms with Crippen LogP contribution in [0.25, 0.3) is 0 Å². The number of nitrogens with one attached hydrogen (secondary N) is 1. The van der Waals surface area contributed by atoms with E-state index in [4.69, 9.17) is 0 Å². The van der Waals surface area contributed by atoms with Gasteiger partial charge in [-0.1, -0.05) is 12.1 Å². The molecule has 1 aromatic carbocycles. The first-order valence-corrected chi connectivity index (χ1v) is 9.71. The molecule has 2 atom stereocenters. The smallest absolute Gasteiger partial charge is 0.302 e. The molecule has 32 heavy (non-hydrogen) atoms. The van der Waals surface area contributed by atoms with E-state index in [1.54, 1.807) is 4.98 Å². The van der Waals surface area contributed by atoms with Crippen molar-refractivity contribution in [3.05, 3.63) is 68.0 Å². The summed E-state index contributed by atoms with van der Waals surface area (Å²) in [5, 5.41) is 0. The molecule has 0 spiro atoms. The van der Waals surface area contributed by atoms with Gasteiger partial charge in [0.15, 0.2) is 0 Å². The molecular weight excluding hydrogens is 464 g/mol. The largest absolute Gasteiger partial charge is 0.423 e. The molecule has 4 rings (SSSR count). The van der Waals surface area contributed by atoms with Crippen LogP contribution in [0.4, 0.5) is 26.3 Å². The van der Waals surface area contributed by atoms with Crippen molar-refractivity contribution in [1.82, 2.24) is 14.5 Å². The molecule has 2 fully saturated rings. The van der Waals surface area contributed by atoms with Crippen LogP contribution in [0.5, 0.6) is 0 Å². The van der Waals surface area contributed by atoms with Crippen LogP contribution in [-0.2, 0) is 24.3 Å². The summed E-state index contributed by atoms with van der Waals surface area (Å²) in [6.45, 7) is 1.92. The molecule has 12 heteroatoms. The van der Waals surface area contributed by atoms with Crippen molar-refractivity contribution in [2.75, 3.05) is 19.6 Å². The number of alkyl halides is 6. The van der Waals surface area contributed by atoms with Crippen molar-refractivity contribution in [1.29, 1.82) is 0 Å². The highest BCUT2D eigenvalue weighted by Gasteiger charge is 2.60. The van der Waals surface area contributed by atoms with E-state index in [2.05, 4.69) is 4.90 Å². The number of aromatic amines is 1. The van der Waals surface area contributed by atoms with Gasteiger partial charge in [0.25, 0.3) is 5.56 Å². The summed E-state index contributed by atoms with van der Waals surface area (Å²) >= 11 is 0. The number of aryl methyl sites for hydroxylation is 1. The third-order valence-electron chi connectivity index (χ3n) is 6.19. The van der Waals surface area contributed by atoms with Crippen LogP contribution in [0, 0.1) is 5.92 Å². The van der Waals surface area contributed by atoms with E-state index in [-0.39, 0.29) is 24.4 Å². The predicted molar refractivity (Wildman–Crippen MR) is 106 cm³/mol. The van der Waals surface area contributed by atoms with Crippen molar-refractivity contribution in [2.24, 2.45) is 5.92 Å². The normalized spacial score (nSPS) is 23.0. The molecule has 0 unspecified atom stereocenters. The lowest BCUT2D eigenvalue weighted by Gasteiger charge is -2.21. The Bertz CT molecular complexity index is 1090. The maximum absolute atomic E-state index is 12.9. The van der Waals surface area contributed by atoms with Gasteiger partial charge >= 0.3 is 18.0 Å². The van der Waals surface area contributed by atoms with Crippen LogP contribution in [-0.4, -0.2) is 34.1 Å². The van der Waals surface area contributed by atoms with Gasteiger partial charge in [0.05, 0.1) is 5.56 Å². The summed E-state index contributed by atoms with van der Waals surface area (Å²) in [7, 11) is 0.